The Morgan fingerprint density at radius 3 is 2.37 bits per heavy atom. The van der Waals surface area contributed by atoms with Crippen molar-refractivity contribution in [2.45, 2.75) is 39.3 Å². The van der Waals surface area contributed by atoms with Crippen LogP contribution >= 0.6 is 0 Å². The van der Waals surface area contributed by atoms with E-state index in [0.717, 1.165) is 12.0 Å². The number of amides is 1. The molecular formula is C15H23FN2O. The van der Waals surface area contributed by atoms with Gasteiger partial charge in [-0.1, -0.05) is 19.1 Å². The third-order valence-electron chi connectivity index (χ3n) is 3.35. The van der Waals surface area contributed by atoms with Crippen LogP contribution in [0.2, 0.25) is 0 Å². The van der Waals surface area contributed by atoms with Gasteiger partial charge in [-0.25, -0.2) is 4.39 Å². The van der Waals surface area contributed by atoms with Crippen molar-refractivity contribution < 1.29 is 9.18 Å². The Bertz CT molecular complexity index is 405. The normalized spacial score (nSPS) is 13.9. The van der Waals surface area contributed by atoms with Gasteiger partial charge in [0.1, 0.15) is 5.82 Å². The molecule has 0 aliphatic heterocycles. The maximum absolute atomic E-state index is 12.9. The second-order valence-electron chi connectivity index (χ2n) is 4.75. The molecule has 106 valence electrons. The molecule has 0 fully saturated rings. The van der Waals surface area contributed by atoms with E-state index in [9.17, 15) is 9.18 Å². The minimum atomic E-state index is -0.250. The molecule has 1 aromatic carbocycles. The Kier molecular flexibility index (Phi) is 5.96. The van der Waals surface area contributed by atoms with Gasteiger partial charge in [0.15, 0.2) is 0 Å². The lowest BCUT2D eigenvalue weighted by Gasteiger charge is -2.25. The summed E-state index contributed by atoms with van der Waals surface area (Å²) >= 11 is 0. The molecule has 0 spiro atoms. The summed E-state index contributed by atoms with van der Waals surface area (Å²) in [6.45, 7) is 6.54. The van der Waals surface area contributed by atoms with Gasteiger partial charge in [-0.2, -0.15) is 0 Å². The van der Waals surface area contributed by atoms with E-state index in [1.165, 1.54) is 12.1 Å². The molecule has 1 aromatic rings. The Morgan fingerprint density at radius 1 is 1.32 bits per heavy atom. The fourth-order valence-corrected chi connectivity index (χ4v) is 2.00. The summed E-state index contributed by atoms with van der Waals surface area (Å²) < 4.78 is 12.9. The molecule has 0 aromatic heterocycles. The molecule has 0 aliphatic rings. The van der Waals surface area contributed by atoms with Crippen LogP contribution in [0.4, 0.5) is 4.39 Å². The first-order chi connectivity index (χ1) is 8.99. The molecule has 0 heterocycles. The maximum atomic E-state index is 12.9. The van der Waals surface area contributed by atoms with Crippen molar-refractivity contribution in [1.29, 1.82) is 0 Å². The molecule has 1 N–H and O–H groups in total. The number of carbonyl (C=O) groups excluding carboxylic acids is 1. The highest BCUT2D eigenvalue weighted by molar-refractivity contribution is 5.81. The first-order valence-electron chi connectivity index (χ1n) is 6.76. The zero-order valence-electron chi connectivity index (χ0n) is 12.1. The van der Waals surface area contributed by atoms with Crippen LogP contribution in [-0.2, 0) is 4.79 Å². The summed E-state index contributed by atoms with van der Waals surface area (Å²) in [5.41, 5.74) is 1.00. The SMILES string of the molecule is CCC(NC(C)C(=O)N(C)CC)c1ccc(F)cc1. The standard InChI is InChI=1S/C15H23FN2O/c1-5-14(12-7-9-13(16)10-8-12)17-11(3)15(19)18(4)6-2/h7-11,14,17H,5-6H2,1-4H3. The zero-order valence-corrected chi connectivity index (χ0v) is 12.1. The van der Waals surface area contributed by atoms with E-state index in [2.05, 4.69) is 5.32 Å². The minimum Gasteiger partial charge on any atom is -0.345 e. The van der Waals surface area contributed by atoms with Crippen LogP contribution in [0.5, 0.6) is 0 Å². The van der Waals surface area contributed by atoms with E-state index in [-0.39, 0.29) is 23.8 Å². The van der Waals surface area contributed by atoms with E-state index in [1.54, 1.807) is 24.1 Å². The van der Waals surface area contributed by atoms with E-state index in [1.807, 2.05) is 20.8 Å². The number of nitrogens with zero attached hydrogens (tertiary/aromatic N) is 1. The van der Waals surface area contributed by atoms with E-state index in [0.29, 0.717) is 6.54 Å². The molecule has 2 atom stereocenters. The average Bonchev–Trinajstić information content (AvgIpc) is 2.43. The summed E-state index contributed by atoms with van der Waals surface area (Å²) in [4.78, 5) is 13.7. The smallest absolute Gasteiger partial charge is 0.239 e. The molecule has 1 amide bonds. The Labute approximate surface area is 114 Å². The van der Waals surface area contributed by atoms with Gasteiger partial charge < -0.3 is 4.90 Å². The van der Waals surface area contributed by atoms with Crippen molar-refractivity contribution in [3.05, 3.63) is 35.6 Å². The predicted octanol–water partition coefficient (Wildman–Crippen LogP) is 2.73. The second kappa shape index (κ2) is 7.24. The number of halogens is 1. The topological polar surface area (TPSA) is 32.3 Å². The van der Waals surface area contributed by atoms with Crippen molar-refractivity contribution in [2.24, 2.45) is 0 Å². The van der Waals surface area contributed by atoms with Crippen molar-refractivity contribution in [1.82, 2.24) is 10.2 Å². The monoisotopic (exact) mass is 266 g/mol. The summed E-state index contributed by atoms with van der Waals surface area (Å²) in [5, 5.41) is 3.30. The van der Waals surface area contributed by atoms with Crippen LogP contribution in [0.15, 0.2) is 24.3 Å². The summed E-state index contributed by atoms with van der Waals surface area (Å²) in [5.74, 6) is -0.170. The number of nitrogens with one attached hydrogen (secondary N) is 1. The van der Waals surface area contributed by atoms with Crippen LogP contribution < -0.4 is 5.32 Å². The molecule has 0 aliphatic carbocycles. The molecule has 4 heteroatoms. The van der Waals surface area contributed by atoms with Crippen LogP contribution in [0, 0.1) is 5.82 Å². The molecule has 0 saturated carbocycles. The zero-order chi connectivity index (χ0) is 14.4. The lowest BCUT2D eigenvalue weighted by Crippen LogP contribution is -2.44. The molecular weight excluding hydrogens is 243 g/mol. The van der Waals surface area contributed by atoms with E-state index >= 15 is 0 Å². The number of hydrogen-bond donors (Lipinski definition) is 1. The van der Waals surface area contributed by atoms with Crippen molar-refractivity contribution in [2.75, 3.05) is 13.6 Å². The van der Waals surface area contributed by atoms with Gasteiger partial charge in [0.25, 0.3) is 0 Å². The fourth-order valence-electron chi connectivity index (χ4n) is 2.00. The molecule has 3 nitrogen and oxygen atoms in total. The highest BCUT2D eigenvalue weighted by Crippen LogP contribution is 2.17. The largest absolute Gasteiger partial charge is 0.345 e. The van der Waals surface area contributed by atoms with Crippen LogP contribution in [0.3, 0.4) is 0 Å². The van der Waals surface area contributed by atoms with Crippen LogP contribution in [-0.4, -0.2) is 30.4 Å². The van der Waals surface area contributed by atoms with Crippen molar-refractivity contribution in [3.8, 4) is 0 Å². The number of rotatable bonds is 6. The van der Waals surface area contributed by atoms with Crippen molar-refractivity contribution >= 4 is 5.91 Å². The minimum absolute atomic E-state index is 0.0600. The molecule has 0 saturated heterocycles. The lowest BCUT2D eigenvalue weighted by atomic mass is 10.0. The van der Waals surface area contributed by atoms with Gasteiger partial charge in [-0.3, -0.25) is 10.1 Å². The number of benzene rings is 1. The molecule has 1 rings (SSSR count). The van der Waals surface area contributed by atoms with Gasteiger partial charge in [0.05, 0.1) is 6.04 Å². The van der Waals surface area contributed by atoms with Gasteiger partial charge in [-0.05, 0) is 38.0 Å². The average molecular weight is 266 g/mol. The number of carbonyl (C=O) groups is 1. The summed E-state index contributed by atoms with van der Waals surface area (Å²) in [6, 6.07) is 6.23. The van der Waals surface area contributed by atoms with E-state index < -0.39 is 0 Å². The van der Waals surface area contributed by atoms with E-state index in [4.69, 9.17) is 0 Å². The molecule has 2 unspecified atom stereocenters. The fraction of sp³-hybridized carbons (Fsp3) is 0.533. The van der Waals surface area contributed by atoms with Crippen molar-refractivity contribution in [3.63, 3.8) is 0 Å². The second-order valence-corrected chi connectivity index (χ2v) is 4.75. The molecule has 0 radical (unpaired) electrons. The first kappa shape index (κ1) is 15.6. The van der Waals surface area contributed by atoms with Gasteiger partial charge >= 0.3 is 0 Å². The highest BCUT2D eigenvalue weighted by atomic mass is 19.1. The first-order valence-corrected chi connectivity index (χ1v) is 6.76. The third kappa shape index (κ3) is 4.31. The molecule has 0 bridgehead atoms. The summed E-state index contributed by atoms with van der Waals surface area (Å²) in [7, 11) is 1.79. The quantitative estimate of drug-likeness (QED) is 0.858. The van der Waals surface area contributed by atoms with Gasteiger partial charge in [0, 0.05) is 19.6 Å². The number of hydrogen-bond acceptors (Lipinski definition) is 2. The van der Waals surface area contributed by atoms with Gasteiger partial charge in [-0.15, -0.1) is 0 Å². The lowest BCUT2D eigenvalue weighted by molar-refractivity contribution is -0.131. The Balaban J connectivity index is 2.71. The Hall–Kier alpha value is -1.42. The maximum Gasteiger partial charge on any atom is 0.239 e. The Morgan fingerprint density at radius 2 is 1.89 bits per heavy atom. The van der Waals surface area contributed by atoms with Crippen LogP contribution in [0.25, 0.3) is 0 Å². The highest BCUT2D eigenvalue weighted by Gasteiger charge is 2.20. The van der Waals surface area contributed by atoms with Crippen LogP contribution in [0.1, 0.15) is 38.8 Å². The third-order valence-corrected chi connectivity index (χ3v) is 3.35. The predicted molar refractivity (Wildman–Crippen MR) is 75.3 cm³/mol. The van der Waals surface area contributed by atoms with Gasteiger partial charge in [0.2, 0.25) is 5.91 Å². The summed E-state index contributed by atoms with van der Waals surface area (Å²) in [6.07, 6.45) is 0.846. The number of likely N-dealkylation sites (N-methyl/N-ethyl adjacent to an activating group) is 1. The molecule has 19 heavy (non-hydrogen) atoms.